The second-order valence-corrected chi connectivity index (χ2v) is 3.51. The van der Waals surface area contributed by atoms with Gasteiger partial charge in [0, 0.05) is 11.6 Å². The number of anilines is 1. The summed E-state index contributed by atoms with van der Waals surface area (Å²) in [5, 5.41) is 0. The van der Waals surface area contributed by atoms with E-state index < -0.39 is 17.8 Å². The smallest absolute Gasteiger partial charge is 0.384 e. The Balaban J connectivity index is 2.52. The molecular formula is C11H7F4N3. The molecule has 0 aliphatic rings. The maximum atomic E-state index is 12.7. The fraction of sp³-hybridized carbons (Fsp3) is 0.0909. The number of alkyl halides is 3. The minimum atomic E-state index is -4.68. The Kier molecular flexibility index (Phi) is 2.90. The van der Waals surface area contributed by atoms with E-state index in [0.29, 0.717) is 5.56 Å². The average molecular weight is 257 g/mol. The van der Waals surface area contributed by atoms with E-state index in [9.17, 15) is 17.6 Å². The van der Waals surface area contributed by atoms with Crippen LogP contribution in [0.3, 0.4) is 0 Å². The van der Waals surface area contributed by atoms with E-state index in [4.69, 9.17) is 5.73 Å². The van der Waals surface area contributed by atoms with Gasteiger partial charge < -0.3 is 5.73 Å². The Morgan fingerprint density at radius 3 is 2.17 bits per heavy atom. The van der Waals surface area contributed by atoms with Crippen molar-refractivity contribution >= 4 is 5.82 Å². The Bertz CT molecular complexity index is 563. The van der Waals surface area contributed by atoms with Crippen molar-refractivity contribution in [1.29, 1.82) is 0 Å². The third-order valence-electron chi connectivity index (χ3n) is 2.14. The van der Waals surface area contributed by atoms with Crippen molar-refractivity contribution in [2.45, 2.75) is 6.18 Å². The van der Waals surface area contributed by atoms with E-state index in [1.165, 1.54) is 18.2 Å². The maximum absolute atomic E-state index is 12.7. The number of rotatable bonds is 1. The molecule has 1 aromatic heterocycles. The zero-order chi connectivity index (χ0) is 13.3. The van der Waals surface area contributed by atoms with Crippen LogP contribution in [0.4, 0.5) is 23.4 Å². The topological polar surface area (TPSA) is 51.8 Å². The number of nitrogens with two attached hydrogens (primary N) is 1. The Morgan fingerprint density at radius 2 is 1.61 bits per heavy atom. The maximum Gasteiger partial charge on any atom is 0.451 e. The molecule has 0 amide bonds. The van der Waals surface area contributed by atoms with Gasteiger partial charge in [-0.1, -0.05) is 0 Å². The molecule has 0 saturated heterocycles. The molecule has 0 spiro atoms. The lowest BCUT2D eigenvalue weighted by molar-refractivity contribution is -0.144. The first kappa shape index (κ1) is 12.3. The summed E-state index contributed by atoms with van der Waals surface area (Å²) >= 11 is 0. The molecule has 1 heterocycles. The molecule has 0 aliphatic heterocycles. The van der Waals surface area contributed by atoms with Gasteiger partial charge in [0.2, 0.25) is 5.82 Å². The molecule has 2 aromatic rings. The van der Waals surface area contributed by atoms with Gasteiger partial charge in [-0.25, -0.2) is 14.4 Å². The molecule has 0 fully saturated rings. The number of nitrogen functional groups attached to an aromatic ring is 1. The van der Waals surface area contributed by atoms with E-state index >= 15 is 0 Å². The lowest BCUT2D eigenvalue weighted by atomic mass is 10.1. The van der Waals surface area contributed by atoms with Crippen LogP contribution in [0, 0.1) is 5.82 Å². The summed E-state index contributed by atoms with van der Waals surface area (Å²) < 4.78 is 50.2. The number of hydrogen-bond donors (Lipinski definition) is 1. The van der Waals surface area contributed by atoms with Crippen LogP contribution in [0.15, 0.2) is 30.3 Å². The molecule has 7 heteroatoms. The van der Waals surface area contributed by atoms with E-state index in [2.05, 4.69) is 9.97 Å². The Labute approximate surface area is 99.3 Å². The van der Waals surface area contributed by atoms with Crippen molar-refractivity contribution in [1.82, 2.24) is 9.97 Å². The fourth-order valence-corrected chi connectivity index (χ4v) is 1.36. The van der Waals surface area contributed by atoms with Crippen LogP contribution in [0.1, 0.15) is 5.82 Å². The molecule has 0 bridgehead atoms. The predicted molar refractivity (Wildman–Crippen MR) is 56.8 cm³/mol. The standard InChI is InChI=1S/C11H7F4N3/c12-7-3-1-6(2-4-7)8-5-9(16)18-10(17-8)11(13,14)15/h1-5H,(H2,16,17,18). The van der Waals surface area contributed by atoms with Gasteiger partial charge in [0.05, 0.1) is 5.69 Å². The SMILES string of the molecule is Nc1cc(-c2ccc(F)cc2)nc(C(F)(F)F)n1. The van der Waals surface area contributed by atoms with Gasteiger partial charge in [0.25, 0.3) is 0 Å². The summed E-state index contributed by atoms with van der Waals surface area (Å²) in [6.45, 7) is 0. The molecule has 2 rings (SSSR count). The lowest BCUT2D eigenvalue weighted by Gasteiger charge is -2.08. The minimum absolute atomic E-state index is 0.00479. The molecule has 0 aliphatic carbocycles. The molecule has 3 nitrogen and oxygen atoms in total. The van der Waals surface area contributed by atoms with E-state index in [1.54, 1.807) is 0 Å². The zero-order valence-corrected chi connectivity index (χ0v) is 8.87. The van der Waals surface area contributed by atoms with E-state index in [-0.39, 0.29) is 11.5 Å². The van der Waals surface area contributed by atoms with Crippen LogP contribution in [-0.2, 0) is 6.18 Å². The highest BCUT2D eigenvalue weighted by Gasteiger charge is 2.35. The van der Waals surface area contributed by atoms with Gasteiger partial charge in [-0.05, 0) is 24.3 Å². The fourth-order valence-electron chi connectivity index (χ4n) is 1.36. The van der Waals surface area contributed by atoms with Gasteiger partial charge in [-0.3, -0.25) is 0 Å². The van der Waals surface area contributed by atoms with Crippen molar-refractivity contribution < 1.29 is 17.6 Å². The normalized spacial score (nSPS) is 11.6. The number of nitrogens with zero attached hydrogens (tertiary/aromatic N) is 2. The number of halogens is 4. The van der Waals surface area contributed by atoms with Crippen LogP contribution in [0.2, 0.25) is 0 Å². The van der Waals surface area contributed by atoms with Gasteiger partial charge in [-0.2, -0.15) is 13.2 Å². The van der Waals surface area contributed by atoms with Crippen molar-refractivity contribution in [3.8, 4) is 11.3 Å². The molecule has 1 aromatic carbocycles. The number of benzene rings is 1. The van der Waals surface area contributed by atoms with Crippen LogP contribution in [0.25, 0.3) is 11.3 Å². The summed E-state index contributed by atoms with van der Waals surface area (Å²) in [4.78, 5) is 6.48. The molecule has 0 unspecified atom stereocenters. The molecule has 0 radical (unpaired) electrons. The Morgan fingerprint density at radius 1 is 1.00 bits per heavy atom. The highest BCUT2D eigenvalue weighted by molar-refractivity contribution is 5.61. The molecule has 0 saturated carbocycles. The predicted octanol–water partition coefficient (Wildman–Crippen LogP) is 2.88. The van der Waals surface area contributed by atoms with Gasteiger partial charge in [0.1, 0.15) is 11.6 Å². The summed E-state index contributed by atoms with van der Waals surface area (Å²) in [5.74, 6) is -2.10. The van der Waals surface area contributed by atoms with Gasteiger partial charge in [0.15, 0.2) is 0 Å². The van der Waals surface area contributed by atoms with Crippen molar-refractivity contribution in [3.05, 3.63) is 42.0 Å². The first-order chi connectivity index (χ1) is 8.36. The molecule has 2 N–H and O–H groups in total. The van der Waals surface area contributed by atoms with Gasteiger partial charge in [-0.15, -0.1) is 0 Å². The van der Waals surface area contributed by atoms with Gasteiger partial charge >= 0.3 is 6.18 Å². The van der Waals surface area contributed by atoms with Crippen molar-refractivity contribution in [3.63, 3.8) is 0 Å². The first-order valence-corrected chi connectivity index (χ1v) is 4.84. The van der Waals surface area contributed by atoms with Crippen LogP contribution < -0.4 is 5.73 Å². The van der Waals surface area contributed by atoms with Crippen LogP contribution in [-0.4, -0.2) is 9.97 Å². The second-order valence-electron chi connectivity index (χ2n) is 3.51. The molecule has 18 heavy (non-hydrogen) atoms. The molecular weight excluding hydrogens is 250 g/mol. The highest BCUT2D eigenvalue weighted by atomic mass is 19.4. The third-order valence-corrected chi connectivity index (χ3v) is 2.14. The number of hydrogen-bond acceptors (Lipinski definition) is 3. The largest absolute Gasteiger partial charge is 0.451 e. The zero-order valence-electron chi connectivity index (χ0n) is 8.87. The molecule has 0 atom stereocenters. The molecule has 94 valence electrons. The Hall–Kier alpha value is -2.18. The number of aromatic nitrogens is 2. The summed E-state index contributed by atoms with van der Waals surface area (Å²) in [6.07, 6.45) is -4.68. The summed E-state index contributed by atoms with van der Waals surface area (Å²) in [6, 6.07) is 6.08. The van der Waals surface area contributed by atoms with Crippen LogP contribution >= 0.6 is 0 Å². The van der Waals surface area contributed by atoms with Crippen molar-refractivity contribution in [2.75, 3.05) is 5.73 Å². The van der Waals surface area contributed by atoms with Crippen LogP contribution in [0.5, 0.6) is 0 Å². The lowest BCUT2D eigenvalue weighted by Crippen LogP contribution is -2.13. The third kappa shape index (κ3) is 2.55. The highest BCUT2D eigenvalue weighted by Crippen LogP contribution is 2.29. The minimum Gasteiger partial charge on any atom is -0.384 e. The summed E-state index contributed by atoms with van der Waals surface area (Å²) in [7, 11) is 0. The van der Waals surface area contributed by atoms with E-state index in [1.807, 2.05) is 0 Å². The van der Waals surface area contributed by atoms with Crippen molar-refractivity contribution in [2.24, 2.45) is 0 Å². The quantitative estimate of drug-likeness (QED) is 0.799. The second kappa shape index (κ2) is 4.25. The van der Waals surface area contributed by atoms with E-state index in [0.717, 1.165) is 12.1 Å². The monoisotopic (exact) mass is 257 g/mol. The summed E-state index contributed by atoms with van der Waals surface area (Å²) in [5.41, 5.74) is 5.62. The first-order valence-electron chi connectivity index (χ1n) is 4.84. The average Bonchev–Trinajstić information content (AvgIpc) is 2.28.